The van der Waals surface area contributed by atoms with Gasteiger partial charge in [-0.15, -0.1) is 5.10 Å². The van der Waals surface area contributed by atoms with E-state index in [2.05, 4.69) is 46.8 Å². The SMILES string of the molecule is CCC(C)C1(Cc2nnnn2C)CCN(C(=O)[C@@H](Cc2ccc(Cl)cc2)NC(=O)C2C3CC(c4ccccc43)[C@@H]2N)CC1. The van der Waals surface area contributed by atoms with Crippen LogP contribution in [0.15, 0.2) is 48.5 Å². The molecule has 3 aromatic rings. The minimum absolute atomic E-state index is 0.00612. The number of halogens is 1. The topological polar surface area (TPSA) is 119 Å². The fourth-order valence-corrected chi connectivity index (χ4v) is 8.13. The van der Waals surface area contributed by atoms with Crippen LogP contribution in [0.3, 0.4) is 0 Å². The summed E-state index contributed by atoms with van der Waals surface area (Å²) in [6.45, 7) is 5.77. The summed E-state index contributed by atoms with van der Waals surface area (Å²) in [5.41, 5.74) is 10.1. The van der Waals surface area contributed by atoms with Crippen molar-refractivity contribution in [1.29, 1.82) is 0 Å². The summed E-state index contributed by atoms with van der Waals surface area (Å²) < 4.78 is 1.75. The predicted molar refractivity (Wildman–Crippen MR) is 165 cm³/mol. The maximum atomic E-state index is 14.2. The number of benzene rings is 2. The number of aromatic nitrogens is 4. The molecule has 2 amide bonds. The fraction of sp³-hybridized carbons (Fsp3) is 0.545. The lowest BCUT2D eigenvalue weighted by molar-refractivity contribution is -0.140. The number of carbonyl (C=O) groups is 2. The zero-order valence-corrected chi connectivity index (χ0v) is 26.0. The van der Waals surface area contributed by atoms with Crippen LogP contribution in [0.4, 0.5) is 0 Å². The Balaban J connectivity index is 1.20. The Kier molecular flexibility index (Phi) is 8.31. The molecule has 1 saturated carbocycles. The highest BCUT2D eigenvalue weighted by atomic mass is 35.5. The molecule has 2 fully saturated rings. The highest BCUT2D eigenvalue weighted by Gasteiger charge is 2.52. The second-order valence-corrected chi connectivity index (χ2v) is 13.4. The maximum absolute atomic E-state index is 14.2. The first kappa shape index (κ1) is 29.8. The molecular weight excluding hydrogens is 562 g/mol. The van der Waals surface area contributed by atoms with Crippen LogP contribution < -0.4 is 11.1 Å². The number of carbonyl (C=O) groups excluding carboxylic acids is 2. The molecule has 2 aliphatic carbocycles. The van der Waals surface area contributed by atoms with Crippen LogP contribution in [0.1, 0.15) is 73.9 Å². The van der Waals surface area contributed by atoms with Crippen LogP contribution in [0.5, 0.6) is 0 Å². The summed E-state index contributed by atoms with van der Waals surface area (Å²) >= 11 is 6.15. The average molecular weight is 604 g/mol. The molecule has 43 heavy (non-hydrogen) atoms. The quantitative estimate of drug-likeness (QED) is 0.381. The summed E-state index contributed by atoms with van der Waals surface area (Å²) in [5, 5.41) is 16.0. The number of aryl methyl sites for hydroxylation is 1. The molecule has 1 aromatic heterocycles. The van der Waals surface area contributed by atoms with Gasteiger partial charge in [-0.1, -0.05) is 68.3 Å². The van der Waals surface area contributed by atoms with E-state index in [0.29, 0.717) is 30.5 Å². The van der Waals surface area contributed by atoms with E-state index in [1.807, 2.05) is 48.3 Å². The molecule has 2 bridgehead atoms. The molecule has 3 N–H and O–H groups in total. The van der Waals surface area contributed by atoms with E-state index in [9.17, 15) is 9.59 Å². The van der Waals surface area contributed by atoms with E-state index in [-0.39, 0.29) is 41.0 Å². The third-order valence-corrected chi connectivity index (χ3v) is 11.1. The number of hydrogen-bond acceptors (Lipinski definition) is 6. The Bertz CT molecular complexity index is 1470. The fourth-order valence-electron chi connectivity index (χ4n) is 8.00. The lowest BCUT2D eigenvalue weighted by Gasteiger charge is -2.46. The first-order valence-corrected chi connectivity index (χ1v) is 16.0. The second-order valence-electron chi connectivity index (χ2n) is 13.0. The number of piperidine rings is 1. The van der Waals surface area contributed by atoms with Gasteiger partial charge in [0.15, 0.2) is 5.82 Å². The number of nitrogens with two attached hydrogens (primary N) is 1. The molecule has 6 rings (SSSR count). The summed E-state index contributed by atoms with van der Waals surface area (Å²) in [6, 6.07) is 14.9. The Hall–Kier alpha value is -3.30. The molecule has 2 aromatic carbocycles. The molecule has 2 heterocycles. The van der Waals surface area contributed by atoms with Gasteiger partial charge in [-0.2, -0.15) is 0 Å². The van der Waals surface area contributed by atoms with Crippen molar-refractivity contribution in [2.24, 2.45) is 30.0 Å². The van der Waals surface area contributed by atoms with Crippen molar-refractivity contribution in [2.75, 3.05) is 13.1 Å². The van der Waals surface area contributed by atoms with Gasteiger partial charge in [-0.3, -0.25) is 9.59 Å². The van der Waals surface area contributed by atoms with Gasteiger partial charge in [-0.25, -0.2) is 4.68 Å². The van der Waals surface area contributed by atoms with E-state index < -0.39 is 6.04 Å². The van der Waals surface area contributed by atoms with E-state index in [1.54, 1.807) is 4.68 Å². The van der Waals surface area contributed by atoms with Crippen LogP contribution in [-0.4, -0.2) is 62.1 Å². The van der Waals surface area contributed by atoms with Crippen LogP contribution in [0, 0.1) is 17.3 Å². The number of hydrogen-bond donors (Lipinski definition) is 2. The molecule has 4 unspecified atom stereocenters. The molecule has 3 aliphatic rings. The molecule has 1 saturated heterocycles. The Morgan fingerprint density at radius 1 is 1.09 bits per heavy atom. The van der Waals surface area contributed by atoms with Crippen LogP contribution in [0.2, 0.25) is 5.02 Å². The number of rotatable bonds is 9. The van der Waals surface area contributed by atoms with Crippen molar-refractivity contribution in [3.63, 3.8) is 0 Å². The highest BCUT2D eigenvalue weighted by molar-refractivity contribution is 6.30. The number of likely N-dealkylation sites (tertiary alicyclic amines) is 1. The zero-order chi connectivity index (χ0) is 30.3. The average Bonchev–Trinajstić information content (AvgIpc) is 3.70. The molecule has 228 valence electrons. The zero-order valence-electron chi connectivity index (χ0n) is 25.2. The van der Waals surface area contributed by atoms with E-state index in [1.165, 1.54) is 11.1 Å². The van der Waals surface area contributed by atoms with Gasteiger partial charge in [0.1, 0.15) is 6.04 Å². The third kappa shape index (κ3) is 5.57. The highest BCUT2D eigenvalue weighted by Crippen LogP contribution is 2.55. The van der Waals surface area contributed by atoms with Gasteiger partial charge in [0.2, 0.25) is 11.8 Å². The van der Waals surface area contributed by atoms with Crippen molar-refractivity contribution in [1.82, 2.24) is 30.4 Å². The van der Waals surface area contributed by atoms with Crippen molar-refractivity contribution in [3.05, 3.63) is 76.1 Å². The van der Waals surface area contributed by atoms with E-state index in [0.717, 1.165) is 43.5 Å². The molecule has 0 radical (unpaired) electrons. The number of amides is 2. The van der Waals surface area contributed by atoms with Gasteiger partial charge in [0.25, 0.3) is 0 Å². The summed E-state index contributed by atoms with van der Waals surface area (Å²) in [7, 11) is 1.88. The predicted octanol–water partition coefficient (Wildman–Crippen LogP) is 4.02. The first-order chi connectivity index (χ1) is 20.7. The molecule has 1 aliphatic heterocycles. The van der Waals surface area contributed by atoms with Gasteiger partial charge < -0.3 is 16.0 Å². The lowest BCUT2D eigenvalue weighted by atomic mass is 9.66. The summed E-state index contributed by atoms with van der Waals surface area (Å²) in [6.07, 6.45) is 4.82. The number of tetrazole rings is 1. The largest absolute Gasteiger partial charge is 0.344 e. The van der Waals surface area contributed by atoms with E-state index >= 15 is 0 Å². The molecule has 6 atom stereocenters. The Morgan fingerprint density at radius 3 is 2.40 bits per heavy atom. The molecule has 10 heteroatoms. The smallest absolute Gasteiger partial charge is 0.245 e. The lowest BCUT2D eigenvalue weighted by Crippen LogP contribution is -2.56. The normalized spacial score (nSPS) is 25.3. The van der Waals surface area contributed by atoms with Gasteiger partial charge >= 0.3 is 0 Å². The molecule has 9 nitrogen and oxygen atoms in total. The number of nitrogens with one attached hydrogen (secondary N) is 1. The minimum atomic E-state index is -0.686. The standard InChI is InChI=1S/C33H42ClN7O2/c1-4-20(2)33(19-28-37-38-39-40(28)3)13-15-41(16-14-33)32(43)27(17-21-9-11-22(34)12-10-21)36-31(42)29-25-18-26(30(29)35)24-8-6-5-7-23(24)25/h5-12,20,25-27,29-30H,4,13-19,35H2,1-3H3,(H,36,42)/t20?,25?,26?,27-,29?,30+/m1/s1. The van der Waals surface area contributed by atoms with Crippen molar-refractivity contribution in [2.45, 2.75) is 76.3 Å². The third-order valence-electron chi connectivity index (χ3n) is 10.8. The van der Waals surface area contributed by atoms with E-state index in [4.69, 9.17) is 17.3 Å². The van der Waals surface area contributed by atoms with Crippen molar-refractivity contribution >= 4 is 23.4 Å². The molecular formula is C33H42ClN7O2. The number of fused-ring (bicyclic) bond motifs is 5. The van der Waals surface area contributed by atoms with Crippen molar-refractivity contribution in [3.8, 4) is 0 Å². The second kappa shape index (κ2) is 12.0. The minimum Gasteiger partial charge on any atom is -0.344 e. The molecule has 0 spiro atoms. The first-order valence-electron chi connectivity index (χ1n) is 15.6. The van der Waals surface area contributed by atoms with Gasteiger partial charge in [-0.05, 0) is 75.8 Å². The van der Waals surface area contributed by atoms with Gasteiger partial charge in [0, 0.05) is 50.0 Å². The Morgan fingerprint density at radius 2 is 1.77 bits per heavy atom. The summed E-state index contributed by atoms with van der Waals surface area (Å²) in [5.74, 6) is 1.08. The van der Waals surface area contributed by atoms with Crippen molar-refractivity contribution < 1.29 is 9.59 Å². The Labute approximate surface area is 258 Å². The maximum Gasteiger partial charge on any atom is 0.245 e. The monoisotopic (exact) mass is 603 g/mol. The number of nitrogens with zero attached hydrogens (tertiary/aromatic N) is 5. The van der Waals surface area contributed by atoms with Crippen LogP contribution >= 0.6 is 11.6 Å². The van der Waals surface area contributed by atoms with Crippen LogP contribution in [-0.2, 0) is 29.5 Å². The summed E-state index contributed by atoms with van der Waals surface area (Å²) in [4.78, 5) is 30.1. The van der Waals surface area contributed by atoms with Gasteiger partial charge in [0.05, 0.1) is 5.92 Å². The van der Waals surface area contributed by atoms with Crippen LogP contribution in [0.25, 0.3) is 0 Å².